The number of aryl methyl sites for hydroxylation is 1. The summed E-state index contributed by atoms with van der Waals surface area (Å²) in [7, 11) is 0. The molecule has 0 aromatic carbocycles. The van der Waals surface area contributed by atoms with E-state index in [1.807, 2.05) is 25.1 Å². The Morgan fingerprint density at radius 2 is 2.27 bits per heavy atom. The van der Waals surface area contributed by atoms with E-state index in [0.717, 1.165) is 43.2 Å². The lowest BCUT2D eigenvalue weighted by atomic mass is 9.98. The zero-order valence-electron chi connectivity index (χ0n) is 12.7. The van der Waals surface area contributed by atoms with Crippen molar-refractivity contribution >= 4 is 17.3 Å². The van der Waals surface area contributed by atoms with Gasteiger partial charge in [0.2, 0.25) is 0 Å². The highest BCUT2D eigenvalue weighted by Gasteiger charge is 2.22. The smallest absolute Gasteiger partial charge is 0.122 e. The van der Waals surface area contributed by atoms with Gasteiger partial charge in [0.15, 0.2) is 0 Å². The minimum absolute atomic E-state index is 0.506. The van der Waals surface area contributed by atoms with Crippen LogP contribution in [-0.2, 0) is 0 Å². The maximum absolute atomic E-state index is 6.25. The van der Waals surface area contributed by atoms with Gasteiger partial charge in [-0.05, 0) is 31.9 Å². The summed E-state index contributed by atoms with van der Waals surface area (Å²) in [6.07, 6.45) is 7.62. The van der Waals surface area contributed by atoms with Crippen LogP contribution in [0.3, 0.4) is 0 Å². The molecule has 0 aliphatic carbocycles. The van der Waals surface area contributed by atoms with Gasteiger partial charge in [-0.3, -0.25) is 9.97 Å². The Morgan fingerprint density at radius 1 is 1.36 bits per heavy atom. The van der Waals surface area contributed by atoms with Crippen LogP contribution in [-0.4, -0.2) is 29.7 Å². The van der Waals surface area contributed by atoms with Crippen molar-refractivity contribution in [2.45, 2.75) is 19.8 Å². The highest BCUT2D eigenvalue weighted by Crippen LogP contribution is 2.29. The van der Waals surface area contributed by atoms with E-state index in [2.05, 4.69) is 14.9 Å². The number of aromatic nitrogens is 2. The molecule has 0 bridgehead atoms. The van der Waals surface area contributed by atoms with E-state index in [1.54, 1.807) is 18.6 Å². The third-order valence-corrected chi connectivity index (χ3v) is 4.26. The molecule has 0 N–H and O–H groups in total. The minimum atomic E-state index is 0.506. The van der Waals surface area contributed by atoms with Crippen LogP contribution in [0.25, 0.3) is 0 Å². The predicted octanol–water partition coefficient (Wildman–Crippen LogP) is 3.73. The van der Waals surface area contributed by atoms with E-state index in [4.69, 9.17) is 16.3 Å². The van der Waals surface area contributed by atoms with Crippen molar-refractivity contribution in [2.75, 3.05) is 24.6 Å². The molecule has 22 heavy (non-hydrogen) atoms. The van der Waals surface area contributed by atoms with Gasteiger partial charge in [-0.1, -0.05) is 11.6 Å². The van der Waals surface area contributed by atoms with Crippen LogP contribution < -0.4 is 9.64 Å². The molecule has 4 nitrogen and oxygen atoms in total. The molecule has 1 aliphatic rings. The lowest BCUT2D eigenvalue weighted by molar-refractivity contribution is 0.228. The van der Waals surface area contributed by atoms with Gasteiger partial charge in [0.05, 0.1) is 17.3 Å². The molecule has 0 spiro atoms. The first kappa shape index (κ1) is 15.1. The number of hydrogen-bond donors (Lipinski definition) is 0. The van der Waals surface area contributed by atoms with Crippen molar-refractivity contribution in [2.24, 2.45) is 5.92 Å². The summed E-state index contributed by atoms with van der Waals surface area (Å²) in [4.78, 5) is 10.6. The molecule has 0 saturated carbocycles. The van der Waals surface area contributed by atoms with Crippen LogP contribution in [0.4, 0.5) is 5.69 Å². The third kappa shape index (κ3) is 3.69. The van der Waals surface area contributed by atoms with Gasteiger partial charge in [-0.25, -0.2) is 0 Å². The Hall–Kier alpha value is -1.81. The fraction of sp³-hybridized carbons (Fsp3) is 0.412. The molecule has 5 heteroatoms. The molecule has 1 unspecified atom stereocenters. The Bertz CT molecular complexity index is 635. The molecular weight excluding hydrogens is 298 g/mol. The first-order valence-electron chi connectivity index (χ1n) is 7.62. The number of anilines is 1. The Kier molecular flexibility index (Phi) is 4.78. The molecular formula is C17H20ClN3O. The molecule has 1 atom stereocenters. The second-order valence-corrected chi connectivity index (χ2v) is 6.13. The second-order valence-electron chi connectivity index (χ2n) is 5.73. The number of halogens is 1. The standard InChI is InChI=1S/C17H20ClN3O/c1-13-9-15(4-7-20-13)22-12-14-3-2-8-21(11-14)17-5-6-19-10-16(17)18/h4-7,9-10,14H,2-3,8,11-12H2,1H3. The average molecular weight is 318 g/mol. The minimum Gasteiger partial charge on any atom is -0.493 e. The Morgan fingerprint density at radius 3 is 3.09 bits per heavy atom. The molecule has 0 radical (unpaired) electrons. The van der Waals surface area contributed by atoms with Gasteiger partial charge in [0.25, 0.3) is 0 Å². The zero-order valence-corrected chi connectivity index (χ0v) is 13.5. The zero-order chi connectivity index (χ0) is 15.4. The summed E-state index contributed by atoms with van der Waals surface area (Å²) in [6, 6.07) is 5.87. The maximum Gasteiger partial charge on any atom is 0.122 e. The third-order valence-electron chi connectivity index (χ3n) is 3.96. The summed E-state index contributed by atoms with van der Waals surface area (Å²) in [5.41, 5.74) is 2.05. The Balaban J connectivity index is 1.60. The lowest BCUT2D eigenvalue weighted by Crippen LogP contribution is -2.37. The second kappa shape index (κ2) is 6.97. The first-order chi connectivity index (χ1) is 10.7. The molecule has 1 saturated heterocycles. The molecule has 3 rings (SSSR count). The lowest BCUT2D eigenvalue weighted by Gasteiger charge is -2.34. The van der Waals surface area contributed by atoms with Crippen LogP contribution >= 0.6 is 11.6 Å². The predicted molar refractivity (Wildman–Crippen MR) is 88.7 cm³/mol. The highest BCUT2D eigenvalue weighted by molar-refractivity contribution is 6.33. The Labute approximate surface area is 136 Å². The van der Waals surface area contributed by atoms with E-state index in [0.29, 0.717) is 10.9 Å². The summed E-state index contributed by atoms with van der Waals surface area (Å²) in [5, 5.41) is 0.717. The van der Waals surface area contributed by atoms with Gasteiger partial charge < -0.3 is 9.64 Å². The average Bonchev–Trinajstić information content (AvgIpc) is 2.54. The number of nitrogens with zero attached hydrogens (tertiary/aromatic N) is 3. The quantitative estimate of drug-likeness (QED) is 0.861. The van der Waals surface area contributed by atoms with E-state index in [-0.39, 0.29) is 0 Å². The summed E-state index contributed by atoms with van der Waals surface area (Å²) >= 11 is 6.25. The van der Waals surface area contributed by atoms with Gasteiger partial charge in [-0.2, -0.15) is 0 Å². The van der Waals surface area contributed by atoms with Crippen molar-refractivity contribution in [1.82, 2.24) is 9.97 Å². The molecule has 0 amide bonds. The molecule has 116 valence electrons. The van der Waals surface area contributed by atoms with Crippen molar-refractivity contribution in [3.63, 3.8) is 0 Å². The van der Waals surface area contributed by atoms with Crippen LogP contribution in [0.15, 0.2) is 36.8 Å². The monoisotopic (exact) mass is 317 g/mol. The van der Waals surface area contributed by atoms with Crippen LogP contribution in [0.2, 0.25) is 5.02 Å². The summed E-state index contributed by atoms with van der Waals surface area (Å²) in [5.74, 6) is 1.40. The van der Waals surface area contributed by atoms with Gasteiger partial charge in [-0.15, -0.1) is 0 Å². The largest absolute Gasteiger partial charge is 0.493 e. The summed E-state index contributed by atoms with van der Waals surface area (Å²) in [6.45, 7) is 4.70. The normalized spacial score (nSPS) is 18.3. The van der Waals surface area contributed by atoms with E-state index in [1.165, 1.54) is 6.42 Å². The topological polar surface area (TPSA) is 38.2 Å². The number of rotatable bonds is 4. The van der Waals surface area contributed by atoms with Gasteiger partial charge >= 0.3 is 0 Å². The van der Waals surface area contributed by atoms with Crippen molar-refractivity contribution in [3.8, 4) is 5.75 Å². The van der Waals surface area contributed by atoms with E-state index < -0.39 is 0 Å². The van der Waals surface area contributed by atoms with E-state index >= 15 is 0 Å². The van der Waals surface area contributed by atoms with Crippen LogP contribution in [0, 0.1) is 12.8 Å². The van der Waals surface area contributed by atoms with Crippen molar-refractivity contribution < 1.29 is 4.74 Å². The molecule has 2 aromatic rings. The SMILES string of the molecule is Cc1cc(OCC2CCCN(c3ccncc3Cl)C2)ccn1. The number of ether oxygens (including phenoxy) is 1. The number of piperidine rings is 1. The fourth-order valence-corrected chi connectivity index (χ4v) is 3.11. The van der Waals surface area contributed by atoms with Crippen LogP contribution in [0.1, 0.15) is 18.5 Å². The van der Waals surface area contributed by atoms with E-state index in [9.17, 15) is 0 Å². The van der Waals surface area contributed by atoms with Crippen LogP contribution in [0.5, 0.6) is 5.75 Å². The fourth-order valence-electron chi connectivity index (χ4n) is 2.87. The number of hydrogen-bond acceptors (Lipinski definition) is 4. The van der Waals surface area contributed by atoms with Gasteiger partial charge in [0.1, 0.15) is 5.75 Å². The summed E-state index contributed by atoms with van der Waals surface area (Å²) < 4.78 is 5.93. The van der Waals surface area contributed by atoms with Gasteiger partial charge in [0, 0.05) is 49.4 Å². The molecule has 1 aliphatic heterocycles. The molecule has 1 fully saturated rings. The van der Waals surface area contributed by atoms with Crippen molar-refractivity contribution in [3.05, 3.63) is 47.5 Å². The number of pyridine rings is 2. The maximum atomic E-state index is 6.25. The van der Waals surface area contributed by atoms with Crippen molar-refractivity contribution in [1.29, 1.82) is 0 Å². The first-order valence-corrected chi connectivity index (χ1v) is 8.00. The molecule has 3 heterocycles. The highest BCUT2D eigenvalue weighted by atomic mass is 35.5. The molecule has 2 aromatic heterocycles.